The lowest BCUT2D eigenvalue weighted by atomic mass is 10.1. The van der Waals surface area contributed by atoms with Crippen LogP contribution in [0.2, 0.25) is 0 Å². The van der Waals surface area contributed by atoms with Crippen molar-refractivity contribution in [1.29, 1.82) is 0 Å². The molecule has 208 valence electrons. The molecule has 40 heavy (non-hydrogen) atoms. The van der Waals surface area contributed by atoms with Crippen LogP contribution in [0.3, 0.4) is 0 Å². The van der Waals surface area contributed by atoms with E-state index < -0.39 is 35.8 Å². The predicted molar refractivity (Wildman–Crippen MR) is 142 cm³/mol. The first-order valence-electron chi connectivity index (χ1n) is 12.4. The Morgan fingerprint density at radius 2 is 1.27 bits per heavy atom. The Morgan fingerprint density at radius 1 is 0.700 bits per heavy atom. The van der Waals surface area contributed by atoms with Gasteiger partial charge >= 0.3 is 23.9 Å². The lowest BCUT2D eigenvalue weighted by molar-refractivity contribution is -0.149. The van der Waals surface area contributed by atoms with E-state index in [1.807, 2.05) is 36.4 Å². The zero-order chi connectivity index (χ0) is 28.9. The molecule has 1 atom stereocenters. The Morgan fingerprint density at radius 3 is 1.85 bits per heavy atom. The zero-order valence-corrected chi connectivity index (χ0v) is 22.1. The molecule has 0 saturated carbocycles. The van der Waals surface area contributed by atoms with Gasteiger partial charge in [0.25, 0.3) is 5.91 Å². The van der Waals surface area contributed by atoms with E-state index in [1.54, 1.807) is 24.3 Å². The van der Waals surface area contributed by atoms with Crippen LogP contribution in [-0.4, -0.2) is 35.8 Å². The maximum atomic E-state index is 13.3. The minimum Gasteiger partial charge on any atom is -0.461 e. The molecule has 0 fully saturated rings. The fourth-order valence-corrected chi connectivity index (χ4v) is 3.57. The van der Waals surface area contributed by atoms with Crippen LogP contribution >= 0.6 is 0 Å². The number of hydrogen-bond acceptors (Lipinski definition) is 9. The third-order valence-electron chi connectivity index (χ3n) is 5.42. The van der Waals surface area contributed by atoms with Crippen molar-refractivity contribution in [3.05, 3.63) is 95.6 Å². The Hall–Kier alpha value is -4.99. The van der Waals surface area contributed by atoms with E-state index in [2.05, 4.69) is 5.32 Å². The molecule has 0 saturated heterocycles. The van der Waals surface area contributed by atoms with E-state index in [-0.39, 0.29) is 43.1 Å². The van der Waals surface area contributed by atoms with Crippen molar-refractivity contribution >= 4 is 29.8 Å². The number of hydrogen-bond donors (Lipinski definition) is 1. The Bertz CT molecular complexity index is 1340. The van der Waals surface area contributed by atoms with Gasteiger partial charge in [0.15, 0.2) is 11.5 Å². The maximum absolute atomic E-state index is 13.3. The number of esters is 4. The van der Waals surface area contributed by atoms with Crippen molar-refractivity contribution in [3.8, 4) is 11.5 Å². The normalized spacial score (nSPS) is 11.1. The highest BCUT2D eigenvalue weighted by molar-refractivity contribution is 6.00. The molecular weight excluding hydrogens is 518 g/mol. The number of nitrogens with one attached hydrogen (secondary N) is 1. The van der Waals surface area contributed by atoms with E-state index in [4.69, 9.17) is 18.9 Å². The smallest absolute Gasteiger partial charge is 0.328 e. The lowest BCUT2D eigenvalue weighted by Gasteiger charge is -2.19. The molecule has 0 unspecified atom stereocenters. The number of benzene rings is 3. The molecule has 0 aliphatic rings. The average molecular weight is 548 g/mol. The van der Waals surface area contributed by atoms with Gasteiger partial charge in [-0.2, -0.15) is 0 Å². The van der Waals surface area contributed by atoms with Gasteiger partial charge in [-0.25, -0.2) is 4.79 Å². The van der Waals surface area contributed by atoms with Crippen LogP contribution in [0.4, 0.5) is 0 Å². The largest absolute Gasteiger partial charge is 0.461 e. The van der Waals surface area contributed by atoms with Gasteiger partial charge in [0, 0.05) is 20.3 Å². The second kappa shape index (κ2) is 14.8. The van der Waals surface area contributed by atoms with E-state index in [1.165, 1.54) is 18.2 Å². The topological polar surface area (TPSA) is 134 Å². The second-order valence-electron chi connectivity index (χ2n) is 8.62. The van der Waals surface area contributed by atoms with E-state index in [9.17, 15) is 24.0 Å². The van der Waals surface area contributed by atoms with E-state index in [0.29, 0.717) is 0 Å². The van der Waals surface area contributed by atoms with Gasteiger partial charge in [-0.3, -0.25) is 19.2 Å². The predicted octanol–water partition coefficient (Wildman–Crippen LogP) is 3.90. The van der Waals surface area contributed by atoms with Crippen molar-refractivity contribution in [2.75, 3.05) is 0 Å². The fraction of sp³-hybridized carbons (Fsp3) is 0.233. The van der Waals surface area contributed by atoms with Crippen LogP contribution in [0, 0.1) is 0 Å². The van der Waals surface area contributed by atoms with Gasteiger partial charge in [0.05, 0.1) is 5.56 Å². The molecule has 3 rings (SSSR count). The number of carbonyl (C=O) groups excluding carboxylic acids is 5. The SMILES string of the molecule is CC(=O)Oc1cccc(C(=O)N[C@@H](CCC(=O)OCc2ccccc2)C(=O)OCc2ccccc2)c1OC(C)=O. The molecule has 1 N–H and O–H groups in total. The standard InChI is InChI=1S/C30H29NO9/c1-20(32)39-26-15-9-14-24(28(26)40-21(2)33)29(35)31-25(30(36)38-19-23-12-7-4-8-13-23)16-17-27(34)37-18-22-10-5-3-6-11-22/h3-15,25H,16-19H2,1-2H3,(H,31,35)/t25-/m0/s1. The van der Waals surface area contributed by atoms with Crippen LogP contribution in [0.5, 0.6) is 11.5 Å². The first-order valence-corrected chi connectivity index (χ1v) is 12.4. The fourth-order valence-electron chi connectivity index (χ4n) is 3.57. The minimum absolute atomic E-state index is 0.0505. The number of carbonyl (C=O) groups is 5. The van der Waals surface area contributed by atoms with E-state index >= 15 is 0 Å². The molecule has 0 aliphatic carbocycles. The molecule has 1 amide bonds. The van der Waals surface area contributed by atoms with Gasteiger partial charge in [-0.1, -0.05) is 66.7 Å². The van der Waals surface area contributed by atoms with Crippen molar-refractivity contribution in [3.63, 3.8) is 0 Å². The summed E-state index contributed by atoms with van der Waals surface area (Å²) in [7, 11) is 0. The van der Waals surface area contributed by atoms with Gasteiger partial charge in [0.2, 0.25) is 0 Å². The highest BCUT2D eigenvalue weighted by Crippen LogP contribution is 2.32. The molecule has 0 aliphatic heterocycles. The molecule has 0 aromatic heterocycles. The molecule has 0 bridgehead atoms. The molecular formula is C30H29NO9. The van der Waals surface area contributed by atoms with Crippen molar-refractivity contribution in [1.82, 2.24) is 5.32 Å². The van der Waals surface area contributed by atoms with Crippen molar-refractivity contribution < 1.29 is 42.9 Å². The quantitative estimate of drug-likeness (QED) is 0.265. The molecule has 10 heteroatoms. The van der Waals surface area contributed by atoms with Gasteiger partial charge in [0.1, 0.15) is 19.3 Å². The van der Waals surface area contributed by atoms with Crippen LogP contribution in [0.1, 0.15) is 48.2 Å². The van der Waals surface area contributed by atoms with Gasteiger partial charge in [-0.15, -0.1) is 0 Å². The Labute approximate surface area is 231 Å². The Balaban J connectivity index is 1.75. The summed E-state index contributed by atoms with van der Waals surface area (Å²) < 4.78 is 20.9. The highest BCUT2D eigenvalue weighted by atomic mass is 16.6. The molecule has 0 heterocycles. The summed E-state index contributed by atoms with van der Waals surface area (Å²) in [5, 5.41) is 2.54. The third kappa shape index (κ3) is 9.39. The van der Waals surface area contributed by atoms with Crippen LogP contribution in [0.15, 0.2) is 78.9 Å². The summed E-state index contributed by atoms with van der Waals surface area (Å²) in [6.45, 7) is 2.28. The van der Waals surface area contributed by atoms with Crippen LogP contribution in [-0.2, 0) is 41.9 Å². The second-order valence-corrected chi connectivity index (χ2v) is 8.62. The molecule has 3 aromatic rings. The summed E-state index contributed by atoms with van der Waals surface area (Å²) in [5.41, 5.74) is 1.37. The molecule has 0 radical (unpaired) electrons. The average Bonchev–Trinajstić information content (AvgIpc) is 2.94. The number of amides is 1. The first-order chi connectivity index (χ1) is 19.2. The summed E-state index contributed by atoms with van der Waals surface area (Å²) in [5.74, 6) is -4.06. The first kappa shape index (κ1) is 29.6. The third-order valence-corrected chi connectivity index (χ3v) is 5.42. The number of para-hydroxylation sites is 1. The monoisotopic (exact) mass is 547 g/mol. The highest BCUT2D eigenvalue weighted by Gasteiger charge is 2.27. The lowest BCUT2D eigenvalue weighted by Crippen LogP contribution is -2.42. The maximum Gasteiger partial charge on any atom is 0.328 e. The zero-order valence-electron chi connectivity index (χ0n) is 22.1. The van der Waals surface area contributed by atoms with Gasteiger partial charge < -0.3 is 24.3 Å². The molecule has 0 spiro atoms. The van der Waals surface area contributed by atoms with E-state index in [0.717, 1.165) is 25.0 Å². The van der Waals surface area contributed by atoms with Crippen molar-refractivity contribution in [2.24, 2.45) is 0 Å². The number of ether oxygens (including phenoxy) is 4. The summed E-state index contributed by atoms with van der Waals surface area (Å²) in [6, 6.07) is 20.9. The van der Waals surface area contributed by atoms with Gasteiger partial charge in [-0.05, 0) is 29.7 Å². The van der Waals surface area contributed by atoms with Crippen molar-refractivity contribution in [2.45, 2.75) is 45.9 Å². The Kier molecular flexibility index (Phi) is 11.0. The molecule has 3 aromatic carbocycles. The number of rotatable bonds is 12. The summed E-state index contributed by atoms with van der Waals surface area (Å²) in [6.07, 6.45) is -0.317. The summed E-state index contributed by atoms with van der Waals surface area (Å²) in [4.78, 5) is 61.9. The van der Waals surface area contributed by atoms with Crippen LogP contribution < -0.4 is 14.8 Å². The molecule has 10 nitrogen and oxygen atoms in total. The summed E-state index contributed by atoms with van der Waals surface area (Å²) >= 11 is 0. The van der Waals surface area contributed by atoms with Crippen LogP contribution in [0.25, 0.3) is 0 Å². The minimum atomic E-state index is -1.25.